The van der Waals surface area contributed by atoms with Gasteiger partial charge < -0.3 is 5.11 Å². The van der Waals surface area contributed by atoms with E-state index in [1.165, 1.54) is 32.1 Å². The molecule has 5 rings (SSSR count). The standard InChI is InChI=1S/C29H31BrN2O2/c1-3-5-19-6-7-20(23(18-32)22(19)17-31)25-24(9-8-21(26(25)30)27(33)34)29-14-11-28(10-4-2,12-15-29)13-16-29/h6-9H,3-5,10-16H2,1-2H3,(H,33,34). The van der Waals surface area contributed by atoms with Gasteiger partial charge in [0.15, 0.2) is 0 Å². The van der Waals surface area contributed by atoms with E-state index in [9.17, 15) is 20.4 Å². The van der Waals surface area contributed by atoms with Crippen molar-refractivity contribution in [3.05, 3.63) is 56.6 Å². The lowest BCUT2D eigenvalue weighted by Gasteiger charge is -2.54. The van der Waals surface area contributed by atoms with Crippen molar-refractivity contribution in [1.82, 2.24) is 0 Å². The summed E-state index contributed by atoms with van der Waals surface area (Å²) in [5, 5.41) is 29.9. The molecule has 0 unspecified atom stereocenters. The maximum atomic E-state index is 12.0. The number of nitrogens with zero attached hydrogens (tertiary/aromatic N) is 2. The smallest absolute Gasteiger partial charge is 0.336 e. The van der Waals surface area contributed by atoms with Crippen LogP contribution in [0.5, 0.6) is 0 Å². The molecule has 34 heavy (non-hydrogen) atoms. The number of aryl methyl sites for hydroxylation is 1. The first kappa shape index (κ1) is 24.5. The van der Waals surface area contributed by atoms with Crippen LogP contribution in [-0.2, 0) is 11.8 Å². The number of benzene rings is 2. The highest BCUT2D eigenvalue weighted by molar-refractivity contribution is 9.10. The Kier molecular flexibility index (Phi) is 6.88. The Morgan fingerprint density at radius 1 is 0.971 bits per heavy atom. The molecule has 0 amide bonds. The number of nitriles is 2. The number of hydrogen-bond acceptors (Lipinski definition) is 3. The maximum absolute atomic E-state index is 12.0. The lowest BCUT2D eigenvalue weighted by Crippen LogP contribution is -2.44. The van der Waals surface area contributed by atoms with Gasteiger partial charge >= 0.3 is 5.97 Å². The average molecular weight is 519 g/mol. The second-order valence-electron chi connectivity index (χ2n) is 10.2. The van der Waals surface area contributed by atoms with Crippen LogP contribution in [0.4, 0.5) is 0 Å². The molecule has 0 aliphatic heterocycles. The molecule has 0 spiro atoms. The van der Waals surface area contributed by atoms with Crippen LogP contribution in [0.3, 0.4) is 0 Å². The van der Waals surface area contributed by atoms with Crippen molar-refractivity contribution < 1.29 is 9.90 Å². The summed E-state index contributed by atoms with van der Waals surface area (Å²) in [5.41, 5.74) is 4.81. The van der Waals surface area contributed by atoms with Crippen molar-refractivity contribution in [1.29, 1.82) is 10.5 Å². The molecule has 4 nitrogen and oxygen atoms in total. The number of rotatable bonds is 7. The lowest BCUT2D eigenvalue weighted by atomic mass is 9.50. The predicted octanol–water partition coefficient (Wildman–Crippen LogP) is 7.90. The molecule has 3 aliphatic carbocycles. The summed E-state index contributed by atoms with van der Waals surface area (Å²) in [6.07, 6.45) is 10.9. The zero-order chi connectivity index (χ0) is 24.5. The van der Waals surface area contributed by atoms with Gasteiger partial charge in [-0.05, 0) is 95.3 Å². The Labute approximate surface area is 210 Å². The van der Waals surface area contributed by atoms with Crippen molar-refractivity contribution in [3.63, 3.8) is 0 Å². The number of fused-ring (bicyclic) bond motifs is 3. The molecule has 0 saturated heterocycles. The van der Waals surface area contributed by atoms with Gasteiger partial charge in [-0.3, -0.25) is 0 Å². The van der Waals surface area contributed by atoms with Gasteiger partial charge in [-0.25, -0.2) is 4.79 Å². The third kappa shape index (κ3) is 3.95. The van der Waals surface area contributed by atoms with Gasteiger partial charge in [-0.2, -0.15) is 10.5 Å². The van der Waals surface area contributed by atoms with E-state index in [2.05, 4.69) is 41.9 Å². The van der Waals surface area contributed by atoms with E-state index < -0.39 is 5.97 Å². The van der Waals surface area contributed by atoms with Gasteiger partial charge in [0.1, 0.15) is 12.1 Å². The molecular weight excluding hydrogens is 488 g/mol. The molecule has 2 aromatic rings. The van der Waals surface area contributed by atoms with Gasteiger partial charge in [0.25, 0.3) is 0 Å². The van der Waals surface area contributed by atoms with Crippen LogP contribution in [-0.4, -0.2) is 11.1 Å². The summed E-state index contributed by atoms with van der Waals surface area (Å²) in [7, 11) is 0. The second-order valence-corrected chi connectivity index (χ2v) is 11.0. The fraction of sp³-hybridized carbons (Fsp3) is 0.483. The van der Waals surface area contributed by atoms with Crippen LogP contribution in [0.1, 0.15) is 104 Å². The third-order valence-corrected chi connectivity index (χ3v) is 9.25. The molecule has 2 aromatic carbocycles. The Balaban J connectivity index is 1.94. The first-order valence-corrected chi connectivity index (χ1v) is 13.2. The molecule has 3 fully saturated rings. The quantitative estimate of drug-likeness (QED) is 0.403. The van der Waals surface area contributed by atoms with Crippen LogP contribution in [0.2, 0.25) is 0 Å². The summed E-state index contributed by atoms with van der Waals surface area (Å²) in [6.45, 7) is 4.32. The molecule has 3 saturated carbocycles. The van der Waals surface area contributed by atoms with Gasteiger partial charge in [-0.1, -0.05) is 44.9 Å². The van der Waals surface area contributed by atoms with E-state index in [1.807, 2.05) is 18.2 Å². The lowest BCUT2D eigenvalue weighted by molar-refractivity contribution is 0.0322. The summed E-state index contributed by atoms with van der Waals surface area (Å²) in [6, 6.07) is 12.1. The maximum Gasteiger partial charge on any atom is 0.336 e. The summed E-state index contributed by atoms with van der Waals surface area (Å²) >= 11 is 3.62. The number of carboxylic acids is 1. The number of halogens is 1. The van der Waals surface area contributed by atoms with Crippen molar-refractivity contribution in [2.75, 3.05) is 0 Å². The highest BCUT2D eigenvalue weighted by Crippen LogP contribution is 2.61. The fourth-order valence-electron chi connectivity index (χ4n) is 6.59. The number of carboxylic acid groups (broad SMARTS) is 1. The molecule has 5 heteroatoms. The Bertz CT molecular complexity index is 1190. The van der Waals surface area contributed by atoms with Crippen LogP contribution in [0, 0.1) is 28.1 Å². The van der Waals surface area contributed by atoms with Crippen LogP contribution >= 0.6 is 15.9 Å². The average Bonchev–Trinajstić information content (AvgIpc) is 2.84. The van der Waals surface area contributed by atoms with Crippen molar-refractivity contribution in [3.8, 4) is 23.3 Å². The zero-order valence-corrected chi connectivity index (χ0v) is 21.6. The highest BCUT2D eigenvalue weighted by Gasteiger charge is 2.49. The van der Waals surface area contributed by atoms with E-state index in [1.54, 1.807) is 6.07 Å². The van der Waals surface area contributed by atoms with Crippen molar-refractivity contribution in [2.45, 2.75) is 83.5 Å². The highest BCUT2D eigenvalue weighted by atomic mass is 79.9. The van der Waals surface area contributed by atoms with E-state index >= 15 is 0 Å². The first-order valence-electron chi connectivity index (χ1n) is 12.4. The monoisotopic (exact) mass is 518 g/mol. The predicted molar refractivity (Wildman–Crippen MR) is 137 cm³/mol. The van der Waals surface area contributed by atoms with Crippen molar-refractivity contribution >= 4 is 21.9 Å². The van der Waals surface area contributed by atoms with Crippen molar-refractivity contribution in [2.24, 2.45) is 5.41 Å². The molecule has 3 aliphatic rings. The molecule has 0 radical (unpaired) electrons. The summed E-state index contributed by atoms with van der Waals surface area (Å²) in [5.74, 6) is -1.01. The van der Waals surface area contributed by atoms with E-state index in [0.717, 1.165) is 48.8 Å². The largest absolute Gasteiger partial charge is 0.478 e. The van der Waals surface area contributed by atoms with E-state index in [4.69, 9.17) is 0 Å². The van der Waals surface area contributed by atoms with Crippen LogP contribution in [0.15, 0.2) is 28.7 Å². The fourth-order valence-corrected chi connectivity index (χ4v) is 7.32. The van der Waals surface area contributed by atoms with Gasteiger partial charge in [0, 0.05) is 15.6 Å². The molecule has 1 N–H and O–H groups in total. The number of aromatic carboxylic acids is 1. The number of carbonyl (C=O) groups is 1. The second kappa shape index (κ2) is 9.55. The van der Waals surface area contributed by atoms with Gasteiger partial charge in [0.2, 0.25) is 0 Å². The van der Waals surface area contributed by atoms with E-state index in [0.29, 0.717) is 26.6 Å². The molecule has 176 valence electrons. The first-order chi connectivity index (χ1) is 16.3. The normalized spacial score (nSPS) is 23.3. The number of hydrogen-bond donors (Lipinski definition) is 1. The topological polar surface area (TPSA) is 84.9 Å². The minimum Gasteiger partial charge on any atom is -0.478 e. The molecule has 0 aromatic heterocycles. The Morgan fingerprint density at radius 2 is 1.62 bits per heavy atom. The van der Waals surface area contributed by atoms with Crippen LogP contribution in [0.25, 0.3) is 11.1 Å². The zero-order valence-electron chi connectivity index (χ0n) is 20.0. The summed E-state index contributed by atoms with van der Waals surface area (Å²) in [4.78, 5) is 12.0. The van der Waals surface area contributed by atoms with E-state index in [-0.39, 0.29) is 11.0 Å². The third-order valence-electron chi connectivity index (χ3n) is 8.43. The molecule has 0 heterocycles. The minimum atomic E-state index is -1.01. The summed E-state index contributed by atoms with van der Waals surface area (Å²) < 4.78 is 0.506. The minimum absolute atomic E-state index is 0.0218. The van der Waals surface area contributed by atoms with Gasteiger partial charge in [-0.15, -0.1) is 0 Å². The van der Waals surface area contributed by atoms with Crippen LogP contribution < -0.4 is 0 Å². The Hall–Kier alpha value is -2.63. The molecule has 0 atom stereocenters. The molecular formula is C29H31BrN2O2. The molecule has 2 bridgehead atoms. The SMILES string of the molecule is CCCc1ccc(-c2c(C34CCC(CCC)(CC3)CC4)ccc(C(=O)O)c2Br)c(C#N)c1C#N. The van der Waals surface area contributed by atoms with Gasteiger partial charge in [0.05, 0.1) is 16.7 Å². The Morgan fingerprint density at radius 3 is 2.15 bits per heavy atom.